The fourth-order valence-corrected chi connectivity index (χ4v) is 6.28. The van der Waals surface area contributed by atoms with Crippen LogP contribution in [0, 0.1) is 5.82 Å². The van der Waals surface area contributed by atoms with Gasteiger partial charge in [-0.25, -0.2) is 22.8 Å². The van der Waals surface area contributed by atoms with Crippen LogP contribution in [0.2, 0.25) is 5.02 Å². The summed E-state index contributed by atoms with van der Waals surface area (Å²) >= 11 is 6.02. The molecule has 10 heteroatoms. The summed E-state index contributed by atoms with van der Waals surface area (Å²) in [4.78, 5) is 9.12. The molecule has 0 aliphatic heterocycles. The van der Waals surface area contributed by atoms with Gasteiger partial charge in [0.25, 0.3) is 10.0 Å². The number of rotatable bonds is 7. The predicted octanol–water partition coefficient (Wildman–Crippen LogP) is 5.74. The lowest BCUT2D eigenvalue weighted by Crippen LogP contribution is -2.21. The summed E-state index contributed by atoms with van der Waals surface area (Å²) in [5.74, 6) is -0.118. The first-order chi connectivity index (χ1) is 17.7. The number of halogens is 2. The van der Waals surface area contributed by atoms with Crippen molar-refractivity contribution in [3.63, 3.8) is 0 Å². The van der Waals surface area contributed by atoms with Crippen LogP contribution in [0.4, 0.5) is 16.0 Å². The molecule has 0 bridgehead atoms. The molecule has 0 spiro atoms. The zero-order valence-electron chi connectivity index (χ0n) is 20.2. The second-order valence-electron chi connectivity index (χ2n) is 9.27. The van der Waals surface area contributed by atoms with Gasteiger partial charge in [0.1, 0.15) is 10.7 Å². The van der Waals surface area contributed by atoms with Gasteiger partial charge < -0.3 is 11.1 Å². The van der Waals surface area contributed by atoms with Crippen LogP contribution >= 0.6 is 11.6 Å². The van der Waals surface area contributed by atoms with E-state index in [9.17, 15) is 8.42 Å². The first-order valence-corrected chi connectivity index (χ1v) is 14.0. The van der Waals surface area contributed by atoms with Gasteiger partial charge in [-0.1, -0.05) is 36.7 Å². The van der Waals surface area contributed by atoms with Crippen molar-refractivity contribution in [2.45, 2.75) is 49.6 Å². The second-order valence-corrected chi connectivity index (χ2v) is 11.3. The zero-order chi connectivity index (χ0) is 26.2. The Morgan fingerprint density at radius 3 is 2.62 bits per heavy atom. The van der Waals surface area contributed by atoms with Gasteiger partial charge in [0, 0.05) is 23.7 Å². The monoisotopic (exact) mass is 539 g/mol. The summed E-state index contributed by atoms with van der Waals surface area (Å²) in [6, 6.07) is 14.8. The average Bonchev–Trinajstić information content (AvgIpc) is 3.29. The van der Waals surface area contributed by atoms with Crippen molar-refractivity contribution in [1.82, 2.24) is 9.97 Å². The lowest BCUT2D eigenvalue weighted by atomic mass is 9.98. The van der Waals surface area contributed by atoms with Crippen LogP contribution < -0.4 is 15.8 Å². The number of benzene rings is 3. The van der Waals surface area contributed by atoms with Gasteiger partial charge in [-0.3, -0.25) is 4.72 Å². The van der Waals surface area contributed by atoms with E-state index in [-0.39, 0.29) is 27.7 Å². The van der Waals surface area contributed by atoms with Crippen molar-refractivity contribution in [2.24, 2.45) is 5.73 Å². The summed E-state index contributed by atoms with van der Waals surface area (Å²) in [5.41, 5.74) is 9.10. The van der Waals surface area contributed by atoms with Crippen LogP contribution in [0.5, 0.6) is 0 Å². The molecule has 192 valence electrons. The van der Waals surface area contributed by atoms with Gasteiger partial charge in [-0.2, -0.15) is 0 Å². The number of sulfonamides is 1. The Hall–Kier alpha value is -3.27. The minimum Gasteiger partial charge on any atom is -0.351 e. The number of fused-ring (bicyclic) bond motifs is 1. The molecule has 1 saturated carbocycles. The van der Waals surface area contributed by atoms with Crippen molar-refractivity contribution < 1.29 is 12.8 Å². The quantitative estimate of drug-likeness (QED) is 0.276. The Labute approximate surface area is 220 Å². The molecule has 4 aromatic rings. The van der Waals surface area contributed by atoms with Gasteiger partial charge in [0.15, 0.2) is 0 Å². The Morgan fingerprint density at radius 1 is 1.11 bits per heavy atom. The van der Waals surface area contributed by atoms with Crippen LogP contribution in [0.3, 0.4) is 0 Å². The molecule has 0 saturated heterocycles. The van der Waals surface area contributed by atoms with Crippen LogP contribution in [0.15, 0.2) is 65.7 Å². The van der Waals surface area contributed by atoms with Crippen LogP contribution in [-0.2, 0) is 16.4 Å². The molecule has 1 heterocycles. The van der Waals surface area contributed by atoms with Gasteiger partial charge in [-0.15, -0.1) is 0 Å². The van der Waals surface area contributed by atoms with Crippen LogP contribution in [0.1, 0.15) is 31.7 Å². The molecule has 0 amide bonds. The maximum Gasteiger partial charge on any atom is 0.263 e. The van der Waals surface area contributed by atoms with Crippen molar-refractivity contribution in [2.75, 3.05) is 10.0 Å². The number of nitrogens with one attached hydrogen (secondary N) is 2. The molecule has 1 aromatic heterocycles. The van der Waals surface area contributed by atoms with E-state index in [1.54, 1.807) is 24.4 Å². The SMILES string of the molecule is CCc1cc(-c2ccc(NS(=O)(=O)c3ccccc3Cl)c(F)c2)cc2cnc(NC3CC[C@@H](N)C3)nc12. The normalized spacial score (nSPS) is 17.7. The lowest BCUT2D eigenvalue weighted by Gasteiger charge is -2.15. The summed E-state index contributed by atoms with van der Waals surface area (Å²) in [6.45, 7) is 2.04. The molecule has 0 radical (unpaired) electrons. The van der Waals surface area contributed by atoms with Gasteiger partial charge in [0.05, 0.1) is 16.2 Å². The van der Waals surface area contributed by atoms with E-state index < -0.39 is 15.8 Å². The number of aryl methyl sites for hydroxylation is 1. The first kappa shape index (κ1) is 25.4. The van der Waals surface area contributed by atoms with E-state index in [4.69, 9.17) is 22.3 Å². The van der Waals surface area contributed by atoms with Gasteiger partial charge in [-0.05, 0) is 78.8 Å². The van der Waals surface area contributed by atoms with E-state index in [1.165, 1.54) is 24.3 Å². The molecule has 4 N–H and O–H groups in total. The molecule has 7 nitrogen and oxygen atoms in total. The van der Waals surface area contributed by atoms with Crippen molar-refractivity contribution in [1.29, 1.82) is 0 Å². The maximum absolute atomic E-state index is 15.1. The topological polar surface area (TPSA) is 110 Å². The molecule has 1 aliphatic carbocycles. The minimum absolute atomic E-state index is 0.0580. The highest BCUT2D eigenvalue weighted by Crippen LogP contribution is 2.31. The minimum atomic E-state index is -4.05. The molecule has 37 heavy (non-hydrogen) atoms. The van der Waals surface area contributed by atoms with Crippen molar-refractivity contribution in [3.05, 3.63) is 77.2 Å². The third-order valence-corrected chi connectivity index (χ3v) is 8.49. The summed E-state index contributed by atoms with van der Waals surface area (Å²) in [7, 11) is -4.05. The fraction of sp³-hybridized carbons (Fsp3) is 0.259. The molecule has 1 aliphatic rings. The standard InChI is InChI=1S/C27H27ClFN5O2S/c1-2-16-11-18(12-19-15-31-27(33-26(16)19)32-21-9-8-20(30)14-21)17-7-10-24(23(29)13-17)34-37(35,36)25-6-4-3-5-22(25)28/h3-7,10-13,15,20-21,34H,2,8-9,14,30H2,1H3,(H,31,32,33)/t20-,21?/m1/s1. The van der Waals surface area contributed by atoms with Crippen LogP contribution in [0.25, 0.3) is 22.0 Å². The maximum atomic E-state index is 15.1. The highest BCUT2D eigenvalue weighted by atomic mass is 35.5. The number of hydrogen-bond acceptors (Lipinski definition) is 6. The Bertz CT molecular complexity index is 1580. The predicted molar refractivity (Wildman–Crippen MR) is 146 cm³/mol. The number of hydrogen-bond donors (Lipinski definition) is 3. The van der Waals surface area contributed by atoms with Crippen molar-refractivity contribution >= 4 is 44.2 Å². The fourth-order valence-electron chi connectivity index (χ4n) is 4.69. The summed E-state index contributed by atoms with van der Waals surface area (Å²) in [5, 5.41) is 4.29. The molecular weight excluding hydrogens is 513 g/mol. The summed E-state index contributed by atoms with van der Waals surface area (Å²) < 4.78 is 42.8. The van der Waals surface area contributed by atoms with Gasteiger partial charge in [0.2, 0.25) is 5.95 Å². The molecular formula is C27H27ClFN5O2S. The Balaban J connectivity index is 1.43. The Kier molecular flexibility index (Phi) is 7.02. The molecule has 1 fully saturated rings. The van der Waals surface area contributed by atoms with Crippen LogP contribution in [-0.4, -0.2) is 30.5 Å². The second kappa shape index (κ2) is 10.2. The number of nitrogens with two attached hydrogens (primary N) is 1. The largest absolute Gasteiger partial charge is 0.351 e. The molecule has 3 aromatic carbocycles. The molecule has 5 rings (SSSR count). The third-order valence-electron chi connectivity index (χ3n) is 6.62. The zero-order valence-corrected chi connectivity index (χ0v) is 21.8. The van der Waals surface area contributed by atoms with Gasteiger partial charge >= 0.3 is 0 Å². The van der Waals surface area contributed by atoms with E-state index in [2.05, 4.69) is 15.0 Å². The number of aromatic nitrogens is 2. The Morgan fingerprint density at radius 2 is 1.92 bits per heavy atom. The smallest absolute Gasteiger partial charge is 0.263 e. The number of anilines is 2. The number of nitrogens with zero attached hydrogens (tertiary/aromatic N) is 2. The van der Waals surface area contributed by atoms with E-state index in [1.807, 2.05) is 19.1 Å². The first-order valence-electron chi connectivity index (χ1n) is 12.1. The van der Waals surface area contributed by atoms with E-state index >= 15 is 4.39 Å². The molecule has 1 unspecified atom stereocenters. The van der Waals surface area contributed by atoms with Crippen molar-refractivity contribution in [3.8, 4) is 11.1 Å². The highest BCUT2D eigenvalue weighted by Gasteiger charge is 2.23. The third kappa shape index (κ3) is 5.39. The highest BCUT2D eigenvalue weighted by molar-refractivity contribution is 7.92. The summed E-state index contributed by atoms with van der Waals surface area (Å²) in [6.07, 6.45) is 5.39. The lowest BCUT2D eigenvalue weighted by molar-refractivity contribution is 0.598. The van der Waals surface area contributed by atoms with E-state index in [0.29, 0.717) is 11.5 Å². The molecule has 2 atom stereocenters. The van der Waals surface area contributed by atoms with E-state index in [0.717, 1.165) is 47.7 Å². The average molecular weight is 540 g/mol.